The van der Waals surface area contributed by atoms with Gasteiger partial charge in [-0.25, -0.2) is 0 Å². The summed E-state index contributed by atoms with van der Waals surface area (Å²) >= 11 is 1.57. The van der Waals surface area contributed by atoms with Crippen LogP contribution in [0.15, 0.2) is 53.7 Å². The summed E-state index contributed by atoms with van der Waals surface area (Å²) in [6.45, 7) is 5.71. The maximum atomic E-state index is 12.8. The summed E-state index contributed by atoms with van der Waals surface area (Å²) in [5.41, 5.74) is 4.01. The normalized spacial score (nSPS) is 15.0. The zero-order chi connectivity index (χ0) is 21.1. The van der Waals surface area contributed by atoms with E-state index in [1.54, 1.807) is 23.6 Å². The molecule has 1 aliphatic rings. The lowest BCUT2D eigenvalue weighted by atomic mass is 10.0. The van der Waals surface area contributed by atoms with Gasteiger partial charge in [-0.2, -0.15) is 4.98 Å². The molecule has 0 bridgehead atoms. The summed E-state index contributed by atoms with van der Waals surface area (Å²) in [7, 11) is 0. The molecule has 2 heterocycles. The molecule has 1 amide bonds. The van der Waals surface area contributed by atoms with E-state index in [1.807, 2.05) is 55.5 Å². The lowest BCUT2D eigenvalue weighted by Crippen LogP contribution is -2.36. The molecule has 0 fully saturated rings. The van der Waals surface area contributed by atoms with Gasteiger partial charge in [-0.3, -0.25) is 9.69 Å². The second kappa shape index (κ2) is 8.83. The fourth-order valence-electron chi connectivity index (χ4n) is 3.42. The number of carbonyl (C=O) groups is 1. The molecular formula is C23H24N4O2S. The monoisotopic (exact) mass is 420 g/mol. The minimum atomic E-state index is -0.642. The van der Waals surface area contributed by atoms with Crippen molar-refractivity contribution in [2.45, 2.75) is 45.0 Å². The molecular weight excluding hydrogens is 396 g/mol. The molecule has 1 unspecified atom stereocenters. The third-order valence-corrected chi connectivity index (χ3v) is 5.84. The van der Waals surface area contributed by atoms with Crippen molar-refractivity contribution >= 4 is 23.4 Å². The Morgan fingerprint density at radius 3 is 2.70 bits per heavy atom. The van der Waals surface area contributed by atoms with Crippen LogP contribution in [0.2, 0.25) is 0 Å². The molecule has 0 saturated carbocycles. The molecule has 3 aromatic rings. The number of anilines is 1. The van der Waals surface area contributed by atoms with Crippen LogP contribution in [0.4, 0.5) is 5.69 Å². The number of hydrogen-bond acceptors (Lipinski definition) is 6. The first-order chi connectivity index (χ1) is 14.6. The van der Waals surface area contributed by atoms with Gasteiger partial charge in [-0.05, 0) is 25.5 Å². The Hall–Kier alpha value is -2.93. The van der Waals surface area contributed by atoms with Crippen LogP contribution in [-0.2, 0) is 4.79 Å². The predicted octanol–water partition coefficient (Wildman–Crippen LogP) is 5.18. The highest BCUT2D eigenvalue weighted by Gasteiger charge is 2.34. The third-order valence-electron chi connectivity index (χ3n) is 4.91. The predicted molar refractivity (Wildman–Crippen MR) is 119 cm³/mol. The van der Waals surface area contributed by atoms with E-state index in [-0.39, 0.29) is 5.91 Å². The minimum absolute atomic E-state index is 0.118. The van der Waals surface area contributed by atoms with Gasteiger partial charge in [0.05, 0.1) is 5.69 Å². The Kier molecular flexibility index (Phi) is 5.99. The summed E-state index contributed by atoms with van der Waals surface area (Å²) < 4.78 is 6.36. The maximum Gasteiger partial charge on any atom is 0.247 e. The smallest absolute Gasteiger partial charge is 0.247 e. The largest absolute Gasteiger partial charge is 0.447 e. The average molecular weight is 421 g/mol. The number of hydrogen-bond donors (Lipinski definition) is 0. The van der Waals surface area contributed by atoms with E-state index >= 15 is 0 Å². The SMILES string of the molecule is CCCCSc1nnc2c(n1)OC(c1ccccc1)N(C(C)=O)c1ccc(C)cc1-2. The van der Waals surface area contributed by atoms with Crippen molar-refractivity contribution in [2.75, 3.05) is 10.7 Å². The number of aryl methyl sites for hydroxylation is 1. The number of aromatic nitrogens is 3. The van der Waals surface area contributed by atoms with Crippen LogP contribution in [0, 0.1) is 6.92 Å². The van der Waals surface area contributed by atoms with Crippen molar-refractivity contribution in [3.05, 3.63) is 59.7 Å². The number of amides is 1. The number of thioether (sulfide) groups is 1. The van der Waals surface area contributed by atoms with Crippen LogP contribution in [0.3, 0.4) is 0 Å². The molecule has 0 N–H and O–H groups in total. The van der Waals surface area contributed by atoms with E-state index in [9.17, 15) is 4.79 Å². The highest BCUT2D eigenvalue weighted by molar-refractivity contribution is 7.99. The van der Waals surface area contributed by atoms with Gasteiger partial charge >= 0.3 is 0 Å². The van der Waals surface area contributed by atoms with E-state index < -0.39 is 6.23 Å². The van der Waals surface area contributed by atoms with Gasteiger partial charge in [0.1, 0.15) is 0 Å². The van der Waals surface area contributed by atoms with Crippen LogP contribution in [0.5, 0.6) is 5.88 Å². The molecule has 4 rings (SSSR count). The molecule has 6 nitrogen and oxygen atoms in total. The number of fused-ring (bicyclic) bond motifs is 3. The van der Waals surface area contributed by atoms with Crippen LogP contribution >= 0.6 is 11.8 Å². The number of unbranched alkanes of at least 4 members (excludes halogenated alkanes) is 1. The molecule has 0 aliphatic carbocycles. The van der Waals surface area contributed by atoms with Crippen molar-refractivity contribution < 1.29 is 9.53 Å². The zero-order valence-electron chi connectivity index (χ0n) is 17.3. The van der Waals surface area contributed by atoms with Crippen molar-refractivity contribution in [3.63, 3.8) is 0 Å². The molecule has 154 valence electrons. The number of benzene rings is 2. The Labute approximate surface area is 180 Å². The Morgan fingerprint density at radius 1 is 1.17 bits per heavy atom. The van der Waals surface area contributed by atoms with Crippen LogP contribution in [-0.4, -0.2) is 26.8 Å². The molecule has 1 aromatic heterocycles. The summed E-state index contributed by atoms with van der Waals surface area (Å²) in [6, 6.07) is 15.6. The topological polar surface area (TPSA) is 68.2 Å². The average Bonchev–Trinajstić information content (AvgIpc) is 2.88. The third kappa shape index (κ3) is 4.03. The highest BCUT2D eigenvalue weighted by atomic mass is 32.2. The standard InChI is InChI=1S/C23H24N4O2S/c1-4-5-13-30-23-24-21-20(25-26-23)18-14-15(2)11-12-19(18)27(16(3)28)22(29-21)17-9-7-6-8-10-17/h6-12,14,22H,4-5,13H2,1-3H3. The molecule has 0 saturated heterocycles. The molecule has 1 aliphatic heterocycles. The summed E-state index contributed by atoms with van der Waals surface area (Å²) in [4.78, 5) is 19.1. The van der Waals surface area contributed by atoms with Crippen molar-refractivity contribution in [1.82, 2.24) is 15.2 Å². The fraction of sp³-hybridized carbons (Fsp3) is 0.304. The Morgan fingerprint density at radius 2 is 1.97 bits per heavy atom. The first-order valence-corrected chi connectivity index (χ1v) is 11.1. The van der Waals surface area contributed by atoms with Crippen LogP contribution < -0.4 is 9.64 Å². The second-order valence-corrected chi connectivity index (χ2v) is 8.30. The van der Waals surface area contributed by atoms with E-state index in [0.717, 1.165) is 41.0 Å². The van der Waals surface area contributed by atoms with Crippen LogP contribution in [0.1, 0.15) is 44.0 Å². The van der Waals surface area contributed by atoms with Gasteiger partial charge in [-0.15, -0.1) is 10.2 Å². The Balaban J connectivity index is 1.87. The van der Waals surface area contributed by atoms with E-state index in [4.69, 9.17) is 4.74 Å². The molecule has 30 heavy (non-hydrogen) atoms. The summed E-state index contributed by atoms with van der Waals surface area (Å²) in [6.07, 6.45) is 1.55. The molecule has 2 aromatic carbocycles. The molecule has 0 spiro atoms. The van der Waals surface area contributed by atoms with Gasteiger partial charge in [0.25, 0.3) is 0 Å². The maximum absolute atomic E-state index is 12.8. The first kappa shape index (κ1) is 20.3. The molecule has 0 radical (unpaired) electrons. The number of rotatable bonds is 5. The van der Waals surface area contributed by atoms with Gasteiger partial charge in [0.2, 0.25) is 23.2 Å². The number of ether oxygens (including phenoxy) is 1. The lowest BCUT2D eigenvalue weighted by molar-refractivity contribution is -0.118. The van der Waals surface area contributed by atoms with Gasteiger partial charge in [-0.1, -0.05) is 67.1 Å². The molecule has 7 heteroatoms. The zero-order valence-corrected chi connectivity index (χ0v) is 18.1. The quantitative estimate of drug-likeness (QED) is 0.418. The fourth-order valence-corrected chi connectivity index (χ4v) is 4.28. The number of nitrogens with zero attached hydrogens (tertiary/aromatic N) is 4. The minimum Gasteiger partial charge on any atom is -0.447 e. The second-order valence-electron chi connectivity index (χ2n) is 7.24. The van der Waals surface area contributed by atoms with E-state index in [0.29, 0.717) is 16.7 Å². The van der Waals surface area contributed by atoms with Crippen LogP contribution in [0.25, 0.3) is 11.3 Å². The van der Waals surface area contributed by atoms with E-state index in [2.05, 4.69) is 22.1 Å². The van der Waals surface area contributed by atoms with Gasteiger partial charge in [0, 0.05) is 23.8 Å². The van der Waals surface area contributed by atoms with Crippen molar-refractivity contribution in [1.29, 1.82) is 0 Å². The van der Waals surface area contributed by atoms with Crippen molar-refractivity contribution in [2.24, 2.45) is 0 Å². The summed E-state index contributed by atoms with van der Waals surface area (Å²) in [5, 5.41) is 9.37. The van der Waals surface area contributed by atoms with E-state index in [1.165, 1.54) is 0 Å². The Bertz CT molecular complexity index is 1060. The van der Waals surface area contributed by atoms with Crippen molar-refractivity contribution in [3.8, 4) is 17.1 Å². The van der Waals surface area contributed by atoms with Gasteiger partial charge < -0.3 is 4.74 Å². The summed E-state index contributed by atoms with van der Waals surface area (Å²) in [5.74, 6) is 1.20. The number of carbonyl (C=O) groups excluding carboxylic acids is 1. The first-order valence-electron chi connectivity index (χ1n) is 10.1. The van der Waals surface area contributed by atoms with Gasteiger partial charge in [0.15, 0.2) is 5.69 Å². The molecule has 1 atom stereocenters. The lowest BCUT2D eigenvalue weighted by Gasteiger charge is -2.30. The highest BCUT2D eigenvalue weighted by Crippen LogP contribution is 2.43.